The lowest BCUT2D eigenvalue weighted by molar-refractivity contribution is 0.952. The lowest BCUT2D eigenvalue weighted by atomic mass is 10.5. The molecule has 0 unspecified atom stereocenters. The van der Waals surface area contributed by atoms with Gasteiger partial charge in [-0.05, 0) is 6.42 Å². The molecule has 0 spiro atoms. The number of nitrogens with one attached hydrogen (secondary N) is 3. The first-order valence-electron chi connectivity index (χ1n) is 5.86. The molecule has 2 rings (SSSR count). The molecule has 8 nitrogen and oxygen atoms in total. The van der Waals surface area contributed by atoms with Crippen molar-refractivity contribution in [1.82, 2.24) is 19.9 Å². The van der Waals surface area contributed by atoms with Gasteiger partial charge in [-0.2, -0.15) is 0 Å². The molecule has 0 aliphatic rings. The van der Waals surface area contributed by atoms with E-state index in [-0.39, 0.29) is 17.2 Å². The number of aromatic amines is 1. The van der Waals surface area contributed by atoms with Gasteiger partial charge >= 0.3 is 0 Å². The topological polar surface area (TPSA) is 122 Å². The van der Waals surface area contributed by atoms with Crippen molar-refractivity contribution in [2.45, 2.75) is 13.3 Å². The average Bonchev–Trinajstić information content (AvgIpc) is 2.42. The van der Waals surface area contributed by atoms with Crippen LogP contribution in [-0.2, 0) is 0 Å². The van der Waals surface area contributed by atoms with Gasteiger partial charge in [-0.25, -0.2) is 15.0 Å². The van der Waals surface area contributed by atoms with Crippen molar-refractivity contribution >= 4 is 23.3 Å². The maximum Gasteiger partial charge on any atom is 0.275 e. The summed E-state index contributed by atoms with van der Waals surface area (Å²) in [5.41, 5.74) is 5.68. The summed E-state index contributed by atoms with van der Waals surface area (Å²) in [6.07, 6.45) is 5.49. The molecule has 0 saturated carbocycles. The van der Waals surface area contributed by atoms with Crippen LogP contribution in [0.1, 0.15) is 13.3 Å². The molecule has 0 radical (unpaired) electrons. The van der Waals surface area contributed by atoms with E-state index < -0.39 is 0 Å². The van der Waals surface area contributed by atoms with Gasteiger partial charge < -0.3 is 16.4 Å². The van der Waals surface area contributed by atoms with E-state index in [0.717, 1.165) is 13.0 Å². The number of nitrogens with two attached hydrogens (primary N) is 1. The molecule has 0 aliphatic carbocycles. The standard InChI is InChI=1S/C11H15N7O/c1-2-3-13-10-14-4-7(5-15-10)17-11-16-6-8(12)9(19)18-11/h4-6H,2-3,12H2,1H3,(H,13,14,15)(H2,16,17,18,19). The summed E-state index contributed by atoms with van der Waals surface area (Å²) in [6.45, 7) is 2.88. The lowest BCUT2D eigenvalue weighted by Gasteiger charge is -2.06. The minimum absolute atomic E-state index is 0.0703. The Morgan fingerprint density at radius 2 is 2.00 bits per heavy atom. The fraction of sp³-hybridized carbons (Fsp3) is 0.273. The number of nitrogens with zero attached hydrogens (tertiary/aromatic N) is 3. The highest BCUT2D eigenvalue weighted by molar-refractivity contribution is 5.52. The number of H-pyrrole nitrogens is 1. The highest BCUT2D eigenvalue weighted by atomic mass is 16.1. The first kappa shape index (κ1) is 12.8. The maximum absolute atomic E-state index is 11.3. The second-order valence-electron chi connectivity index (χ2n) is 3.86. The summed E-state index contributed by atoms with van der Waals surface area (Å²) < 4.78 is 0. The van der Waals surface area contributed by atoms with E-state index in [1.54, 1.807) is 12.4 Å². The Morgan fingerprint density at radius 3 is 2.63 bits per heavy atom. The largest absolute Gasteiger partial charge is 0.393 e. The molecule has 5 N–H and O–H groups in total. The van der Waals surface area contributed by atoms with Gasteiger partial charge in [-0.15, -0.1) is 0 Å². The van der Waals surface area contributed by atoms with Gasteiger partial charge in [0.1, 0.15) is 5.69 Å². The van der Waals surface area contributed by atoms with Gasteiger partial charge in [0.2, 0.25) is 11.9 Å². The number of rotatable bonds is 5. The molecule has 2 aromatic rings. The summed E-state index contributed by atoms with van der Waals surface area (Å²) in [7, 11) is 0. The van der Waals surface area contributed by atoms with Crippen LogP contribution in [0.5, 0.6) is 0 Å². The zero-order chi connectivity index (χ0) is 13.7. The third-order valence-corrected chi connectivity index (χ3v) is 2.27. The Hall–Kier alpha value is -2.64. The molecule has 0 aliphatic heterocycles. The smallest absolute Gasteiger partial charge is 0.275 e. The Balaban J connectivity index is 2.06. The predicted molar refractivity (Wildman–Crippen MR) is 73.4 cm³/mol. The van der Waals surface area contributed by atoms with Crippen molar-refractivity contribution in [2.24, 2.45) is 0 Å². The van der Waals surface area contributed by atoms with Crippen LogP contribution in [0.4, 0.5) is 23.3 Å². The summed E-state index contributed by atoms with van der Waals surface area (Å²) in [4.78, 5) is 26.0. The molecule has 8 heteroatoms. The first-order chi connectivity index (χ1) is 9.19. The molecule has 0 saturated heterocycles. The van der Waals surface area contributed by atoms with Crippen molar-refractivity contribution in [1.29, 1.82) is 0 Å². The van der Waals surface area contributed by atoms with Crippen LogP contribution >= 0.6 is 0 Å². The Morgan fingerprint density at radius 1 is 1.26 bits per heavy atom. The van der Waals surface area contributed by atoms with Crippen LogP contribution in [-0.4, -0.2) is 26.5 Å². The maximum atomic E-state index is 11.3. The summed E-state index contributed by atoms with van der Waals surface area (Å²) >= 11 is 0. The average molecular weight is 261 g/mol. The number of hydrogen-bond acceptors (Lipinski definition) is 7. The fourth-order valence-corrected chi connectivity index (χ4v) is 1.33. The zero-order valence-corrected chi connectivity index (χ0v) is 10.5. The predicted octanol–water partition coefficient (Wildman–Crippen LogP) is 0.708. The summed E-state index contributed by atoms with van der Waals surface area (Å²) in [6, 6.07) is 0. The van der Waals surface area contributed by atoms with E-state index in [0.29, 0.717) is 11.6 Å². The third kappa shape index (κ3) is 3.41. The number of hydrogen-bond donors (Lipinski definition) is 4. The van der Waals surface area contributed by atoms with Crippen molar-refractivity contribution in [3.05, 3.63) is 28.9 Å². The summed E-state index contributed by atoms with van der Waals surface area (Å²) in [5, 5.41) is 5.94. The lowest BCUT2D eigenvalue weighted by Crippen LogP contribution is -2.14. The Labute approximate surface area is 109 Å². The number of anilines is 4. The third-order valence-electron chi connectivity index (χ3n) is 2.27. The van der Waals surface area contributed by atoms with E-state index in [9.17, 15) is 4.79 Å². The van der Waals surface area contributed by atoms with Gasteiger partial charge in [0.25, 0.3) is 5.56 Å². The second-order valence-corrected chi connectivity index (χ2v) is 3.86. The van der Waals surface area contributed by atoms with Crippen LogP contribution in [0.3, 0.4) is 0 Å². The first-order valence-corrected chi connectivity index (χ1v) is 5.86. The fourth-order valence-electron chi connectivity index (χ4n) is 1.33. The van der Waals surface area contributed by atoms with Gasteiger partial charge in [-0.3, -0.25) is 9.78 Å². The summed E-state index contributed by atoms with van der Waals surface area (Å²) in [5.74, 6) is 0.850. The van der Waals surface area contributed by atoms with E-state index >= 15 is 0 Å². The Kier molecular flexibility index (Phi) is 3.91. The van der Waals surface area contributed by atoms with Crippen molar-refractivity contribution < 1.29 is 0 Å². The molecule has 0 atom stereocenters. The van der Waals surface area contributed by atoms with Crippen LogP contribution in [0.25, 0.3) is 0 Å². The minimum Gasteiger partial charge on any atom is -0.393 e. The van der Waals surface area contributed by atoms with Crippen molar-refractivity contribution in [3.63, 3.8) is 0 Å². The highest BCUT2D eigenvalue weighted by Crippen LogP contribution is 2.10. The molecule has 100 valence electrons. The van der Waals surface area contributed by atoms with E-state index in [1.807, 2.05) is 0 Å². The van der Waals surface area contributed by atoms with Crippen LogP contribution in [0, 0.1) is 0 Å². The minimum atomic E-state index is -0.389. The molecule has 0 bridgehead atoms. The van der Waals surface area contributed by atoms with Crippen LogP contribution < -0.4 is 21.9 Å². The monoisotopic (exact) mass is 261 g/mol. The second kappa shape index (κ2) is 5.80. The van der Waals surface area contributed by atoms with E-state index in [1.165, 1.54) is 6.20 Å². The molecule has 2 aromatic heterocycles. The van der Waals surface area contributed by atoms with Crippen molar-refractivity contribution in [3.8, 4) is 0 Å². The number of aromatic nitrogens is 4. The van der Waals surface area contributed by atoms with Gasteiger partial charge in [-0.1, -0.05) is 6.92 Å². The van der Waals surface area contributed by atoms with Crippen molar-refractivity contribution in [2.75, 3.05) is 22.9 Å². The van der Waals surface area contributed by atoms with Gasteiger partial charge in [0.15, 0.2) is 0 Å². The van der Waals surface area contributed by atoms with E-state index in [2.05, 4.69) is 37.5 Å². The molecule has 0 fully saturated rings. The molecular weight excluding hydrogens is 246 g/mol. The number of nitrogen functional groups attached to an aromatic ring is 1. The quantitative estimate of drug-likeness (QED) is 0.625. The van der Waals surface area contributed by atoms with Gasteiger partial charge in [0.05, 0.1) is 24.3 Å². The molecular formula is C11H15N7O. The molecule has 0 aromatic carbocycles. The van der Waals surface area contributed by atoms with E-state index in [4.69, 9.17) is 5.73 Å². The highest BCUT2D eigenvalue weighted by Gasteiger charge is 2.01. The Bertz CT molecular complexity index is 593. The van der Waals surface area contributed by atoms with Crippen LogP contribution in [0.2, 0.25) is 0 Å². The normalized spacial score (nSPS) is 10.2. The SMILES string of the molecule is CCCNc1ncc(Nc2ncc(N)c(=O)[nH]2)cn1. The zero-order valence-electron chi connectivity index (χ0n) is 10.5. The van der Waals surface area contributed by atoms with Gasteiger partial charge in [0, 0.05) is 6.54 Å². The molecule has 0 amide bonds. The molecule has 19 heavy (non-hydrogen) atoms. The molecule has 2 heterocycles. The van der Waals surface area contributed by atoms with Crippen LogP contribution in [0.15, 0.2) is 23.4 Å².